The largest absolute Gasteiger partial charge is 0.493 e. The number of hydrogen-bond acceptors (Lipinski definition) is 4. The summed E-state index contributed by atoms with van der Waals surface area (Å²) in [6.07, 6.45) is 0. The molecule has 1 heterocycles. The van der Waals surface area contributed by atoms with Crippen molar-refractivity contribution in [2.75, 3.05) is 14.2 Å². The molecule has 0 aliphatic carbocycles. The van der Waals surface area contributed by atoms with E-state index >= 15 is 0 Å². The summed E-state index contributed by atoms with van der Waals surface area (Å²) in [5, 5.41) is 3.42. The fraction of sp³-hybridized carbons (Fsp3) is 0.389. The summed E-state index contributed by atoms with van der Waals surface area (Å²) >= 11 is 0. The van der Waals surface area contributed by atoms with Crippen molar-refractivity contribution in [1.29, 1.82) is 0 Å². The Morgan fingerprint density at radius 3 is 2.36 bits per heavy atom. The molecule has 4 heteroatoms. The lowest BCUT2D eigenvalue weighted by Gasteiger charge is -2.12. The van der Waals surface area contributed by atoms with Gasteiger partial charge in [0.2, 0.25) is 0 Å². The molecule has 0 aliphatic rings. The van der Waals surface area contributed by atoms with Gasteiger partial charge in [-0.3, -0.25) is 4.98 Å². The van der Waals surface area contributed by atoms with Gasteiger partial charge in [0.25, 0.3) is 0 Å². The van der Waals surface area contributed by atoms with Crippen LogP contribution in [0.1, 0.15) is 25.1 Å². The van der Waals surface area contributed by atoms with Gasteiger partial charge in [-0.25, -0.2) is 0 Å². The number of hydrogen-bond donors (Lipinski definition) is 1. The number of pyridine rings is 1. The van der Waals surface area contributed by atoms with Crippen molar-refractivity contribution in [1.82, 2.24) is 10.3 Å². The first-order valence-corrected chi connectivity index (χ1v) is 7.47. The highest BCUT2D eigenvalue weighted by atomic mass is 16.5. The molecule has 0 aliphatic heterocycles. The van der Waals surface area contributed by atoms with Crippen LogP contribution in [0.4, 0.5) is 0 Å². The molecule has 0 bridgehead atoms. The predicted molar refractivity (Wildman–Crippen MR) is 89.5 cm³/mol. The monoisotopic (exact) mass is 300 g/mol. The van der Waals surface area contributed by atoms with E-state index in [4.69, 9.17) is 14.5 Å². The van der Waals surface area contributed by atoms with Gasteiger partial charge in [-0.05, 0) is 36.8 Å². The minimum Gasteiger partial charge on any atom is -0.493 e. The molecule has 0 atom stereocenters. The van der Waals surface area contributed by atoms with Crippen molar-refractivity contribution < 1.29 is 9.47 Å². The molecule has 0 saturated heterocycles. The molecule has 1 N–H and O–H groups in total. The van der Waals surface area contributed by atoms with Crippen LogP contribution in [0.25, 0.3) is 11.3 Å². The van der Waals surface area contributed by atoms with E-state index in [0.717, 1.165) is 29.2 Å². The normalized spacial score (nSPS) is 10.8. The Morgan fingerprint density at radius 2 is 1.77 bits per heavy atom. The second-order valence-corrected chi connectivity index (χ2v) is 5.55. The molecule has 0 saturated carbocycles. The molecule has 0 amide bonds. The number of nitrogens with one attached hydrogen (secondary N) is 1. The summed E-state index contributed by atoms with van der Waals surface area (Å²) in [6, 6.07) is 10.5. The van der Waals surface area contributed by atoms with Gasteiger partial charge in [-0.2, -0.15) is 0 Å². The molecule has 22 heavy (non-hydrogen) atoms. The van der Waals surface area contributed by atoms with Gasteiger partial charge in [-0.15, -0.1) is 0 Å². The summed E-state index contributed by atoms with van der Waals surface area (Å²) in [4.78, 5) is 4.72. The topological polar surface area (TPSA) is 43.4 Å². The minimum atomic E-state index is 0.463. The van der Waals surface area contributed by atoms with Crippen LogP contribution >= 0.6 is 0 Å². The van der Waals surface area contributed by atoms with Crippen LogP contribution in [0.3, 0.4) is 0 Å². The van der Waals surface area contributed by atoms with Crippen molar-refractivity contribution in [3.8, 4) is 22.8 Å². The Bertz CT molecular complexity index is 639. The molecular weight excluding hydrogens is 276 g/mol. The third kappa shape index (κ3) is 3.77. The molecular formula is C18H24N2O2. The number of rotatable bonds is 6. The Kier molecular flexibility index (Phi) is 5.39. The number of aryl methyl sites for hydroxylation is 1. The second kappa shape index (κ2) is 7.27. The fourth-order valence-electron chi connectivity index (χ4n) is 2.25. The van der Waals surface area contributed by atoms with Gasteiger partial charge >= 0.3 is 0 Å². The van der Waals surface area contributed by atoms with E-state index in [1.54, 1.807) is 14.2 Å². The molecule has 4 nitrogen and oxygen atoms in total. The second-order valence-electron chi connectivity index (χ2n) is 5.55. The lowest BCUT2D eigenvalue weighted by molar-refractivity contribution is 0.355. The average molecular weight is 300 g/mol. The molecule has 0 radical (unpaired) electrons. The molecule has 0 spiro atoms. The van der Waals surface area contributed by atoms with E-state index in [1.165, 1.54) is 5.56 Å². The number of benzene rings is 1. The highest BCUT2D eigenvalue weighted by Crippen LogP contribution is 2.31. The number of aromatic nitrogens is 1. The zero-order valence-electron chi connectivity index (χ0n) is 13.9. The van der Waals surface area contributed by atoms with E-state index in [0.29, 0.717) is 11.8 Å². The van der Waals surface area contributed by atoms with E-state index in [2.05, 4.69) is 25.2 Å². The highest BCUT2D eigenvalue weighted by Gasteiger charge is 2.09. The van der Waals surface area contributed by atoms with E-state index < -0.39 is 0 Å². The number of methoxy groups -OCH3 is 2. The Balaban J connectivity index is 2.28. The maximum Gasteiger partial charge on any atom is 0.161 e. The highest BCUT2D eigenvalue weighted by molar-refractivity contribution is 5.64. The van der Waals surface area contributed by atoms with Crippen LogP contribution in [0.2, 0.25) is 0 Å². The molecule has 1 aromatic heterocycles. The first kappa shape index (κ1) is 16.3. The Labute approximate surface area is 132 Å². The van der Waals surface area contributed by atoms with Gasteiger partial charge in [0.1, 0.15) is 0 Å². The SMILES string of the molecule is COc1ccc(-c2ccc(CNC(C)C)c(C)n2)cc1OC. The van der Waals surface area contributed by atoms with E-state index in [1.807, 2.05) is 31.2 Å². The summed E-state index contributed by atoms with van der Waals surface area (Å²) < 4.78 is 10.6. The smallest absolute Gasteiger partial charge is 0.161 e. The average Bonchev–Trinajstić information content (AvgIpc) is 2.52. The summed E-state index contributed by atoms with van der Waals surface area (Å²) in [5.74, 6) is 1.44. The lowest BCUT2D eigenvalue weighted by Crippen LogP contribution is -2.22. The van der Waals surface area contributed by atoms with Gasteiger partial charge in [-0.1, -0.05) is 19.9 Å². The number of nitrogens with zero attached hydrogens (tertiary/aromatic N) is 1. The quantitative estimate of drug-likeness (QED) is 0.885. The van der Waals surface area contributed by atoms with Crippen molar-refractivity contribution in [3.63, 3.8) is 0 Å². The van der Waals surface area contributed by atoms with Crippen LogP contribution in [0.15, 0.2) is 30.3 Å². The standard InChI is InChI=1S/C18H24N2O2/c1-12(2)19-11-15-6-8-16(20-13(15)3)14-7-9-17(21-4)18(10-14)22-5/h6-10,12,19H,11H2,1-5H3. The van der Waals surface area contributed by atoms with Crippen molar-refractivity contribution in [3.05, 3.63) is 41.6 Å². The minimum absolute atomic E-state index is 0.463. The Hall–Kier alpha value is -2.07. The van der Waals surface area contributed by atoms with E-state index in [9.17, 15) is 0 Å². The molecule has 2 aromatic rings. The first-order chi connectivity index (χ1) is 10.5. The van der Waals surface area contributed by atoms with Crippen LogP contribution in [0, 0.1) is 6.92 Å². The van der Waals surface area contributed by atoms with Crippen LogP contribution in [-0.4, -0.2) is 25.2 Å². The first-order valence-electron chi connectivity index (χ1n) is 7.47. The van der Waals surface area contributed by atoms with Crippen molar-refractivity contribution in [2.24, 2.45) is 0 Å². The zero-order valence-corrected chi connectivity index (χ0v) is 13.9. The Morgan fingerprint density at radius 1 is 1.05 bits per heavy atom. The lowest BCUT2D eigenvalue weighted by atomic mass is 10.1. The predicted octanol–water partition coefficient (Wildman–Crippen LogP) is 3.57. The van der Waals surface area contributed by atoms with Crippen LogP contribution in [-0.2, 0) is 6.54 Å². The molecule has 1 aromatic carbocycles. The summed E-state index contributed by atoms with van der Waals surface area (Å²) in [7, 11) is 3.28. The summed E-state index contributed by atoms with van der Waals surface area (Å²) in [5.41, 5.74) is 4.22. The van der Waals surface area contributed by atoms with E-state index in [-0.39, 0.29) is 0 Å². The molecule has 2 rings (SSSR count). The van der Waals surface area contributed by atoms with Gasteiger partial charge in [0.05, 0.1) is 19.9 Å². The third-order valence-electron chi connectivity index (χ3n) is 3.58. The van der Waals surface area contributed by atoms with Gasteiger partial charge < -0.3 is 14.8 Å². The van der Waals surface area contributed by atoms with Crippen molar-refractivity contribution in [2.45, 2.75) is 33.4 Å². The third-order valence-corrected chi connectivity index (χ3v) is 3.58. The molecule has 0 fully saturated rings. The molecule has 118 valence electrons. The van der Waals surface area contributed by atoms with Crippen LogP contribution in [0.5, 0.6) is 11.5 Å². The van der Waals surface area contributed by atoms with Gasteiger partial charge in [0, 0.05) is 23.8 Å². The van der Waals surface area contributed by atoms with Gasteiger partial charge in [0.15, 0.2) is 11.5 Å². The zero-order chi connectivity index (χ0) is 16.1. The maximum atomic E-state index is 5.35. The van der Waals surface area contributed by atoms with Crippen molar-refractivity contribution >= 4 is 0 Å². The number of ether oxygens (including phenoxy) is 2. The fourth-order valence-corrected chi connectivity index (χ4v) is 2.25. The maximum absolute atomic E-state index is 5.35. The van der Waals surface area contributed by atoms with Crippen LogP contribution < -0.4 is 14.8 Å². The molecule has 0 unspecified atom stereocenters. The summed E-state index contributed by atoms with van der Waals surface area (Å²) in [6.45, 7) is 7.16.